The van der Waals surface area contributed by atoms with Crippen LogP contribution in [-0.2, 0) is 27.4 Å². The Balaban J connectivity index is 1.28. The van der Waals surface area contributed by atoms with E-state index in [1.807, 2.05) is 17.0 Å². The lowest BCUT2D eigenvalue weighted by Gasteiger charge is -2.48. The highest BCUT2D eigenvalue weighted by Crippen LogP contribution is 2.46. The van der Waals surface area contributed by atoms with Crippen molar-refractivity contribution in [3.63, 3.8) is 0 Å². The molecule has 0 spiro atoms. The van der Waals surface area contributed by atoms with Crippen LogP contribution in [0.3, 0.4) is 0 Å². The second-order valence-electron chi connectivity index (χ2n) is 16.1. The number of hydrogen-bond acceptors (Lipinski definition) is 17. The topological polar surface area (TPSA) is 283 Å². The van der Waals surface area contributed by atoms with E-state index in [1.54, 1.807) is 12.1 Å². The monoisotopic (exact) mass is 831 g/mol. The lowest BCUT2D eigenvalue weighted by atomic mass is 9.76. The number of amides is 1. The number of nitrogens with zero attached hydrogens (tertiary/aromatic N) is 1. The number of anilines is 1. The lowest BCUT2D eigenvalue weighted by Crippen LogP contribution is -2.70. The molecule has 320 valence electrons. The average Bonchev–Trinajstić information content (AvgIpc) is 3.66. The minimum atomic E-state index is -1.90. The number of carbonyl (C=O) groups excluding carboxylic acids is 4. The molecule has 3 heterocycles. The molecule has 0 aromatic heterocycles. The largest absolute Gasteiger partial charge is 0.486 e. The van der Waals surface area contributed by atoms with Crippen molar-refractivity contribution in [1.29, 1.82) is 0 Å². The fraction of sp³-hybridized carbons (Fsp3) is 0.476. The van der Waals surface area contributed by atoms with Gasteiger partial charge in [-0.05, 0) is 48.2 Å². The van der Waals surface area contributed by atoms with E-state index in [0.717, 1.165) is 6.42 Å². The Morgan fingerprint density at radius 3 is 2.45 bits per heavy atom. The van der Waals surface area contributed by atoms with Crippen LogP contribution in [0.4, 0.5) is 5.69 Å². The first-order valence-corrected chi connectivity index (χ1v) is 20.1. The van der Waals surface area contributed by atoms with E-state index >= 15 is 0 Å². The summed E-state index contributed by atoms with van der Waals surface area (Å²) in [6.45, 7) is -0.739. The second kappa shape index (κ2) is 16.9. The Bertz CT molecular complexity index is 2160. The van der Waals surface area contributed by atoms with Crippen molar-refractivity contribution in [2.45, 2.75) is 112 Å². The highest BCUT2D eigenvalue weighted by Gasteiger charge is 2.54. The van der Waals surface area contributed by atoms with Crippen LogP contribution in [-0.4, -0.2) is 129 Å². The average molecular weight is 832 g/mol. The number of benzene rings is 3. The zero-order chi connectivity index (χ0) is 42.5. The van der Waals surface area contributed by atoms with Crippen molar-refractivity contribution in [3.8, 4) is 11.5 Å². The summed E-state index contributed by atoms with van der Waals surface area (Å²) in [5.74, 6) is -2.12. The smallest absolute Gasteiger partial charge is 0.242 e. The number of rotatable bonds is 12. The molecule has 18 nitrogen and oxygen atoms in total. The van der Waals surface area contributed by atoms with Crippen LogP contribution in [0.2, 0.25) is 0 Å². The normalized spacial score (nSPS) is 28.9. The summed E-state index contributed by atoms with van der Waals surface area (Å²) in [4.78, 5) is 55.1. The van der Waals surface area contributed by atoms with Crippen molar-refractivity contribution in [3.05, 3.63) is 87.5 Å². The molecule has 60 heavy (non-hydrogen) atoms. The molecule has 11 N–H and O–H groups in total. The number of carbonyl (C=O) groups is 4. The van der Waals surface area contributed by atoms with Gasteiger partial charge < -0.3 is 59.9 Å². The molecular formula is C42H49N5O13. The first kappa shape index (κ1) is 41.9. The fourth-order valence-electron chi connectivity index (χ4n) is 9.02. The Morgan fingerprint density at radius 2 is 1.70 bits per heavy atom. The van der Waals surface area contributed by atoms with Gasteiger partial charge in [-0.15, -0.1) is 0 Å². The number of aliphatic hydroxyl groups excluding tert-OH is 5. The van der Waals surface area contributed by atoms with Crippen molar-refractivity contribution in [1.82, 2.24) is 16.0 Å². The maximum absolute atomic E-state index is 14.6. The summed E-state index contributed by atoms with van der Waals surface area (Å²) in [6, 6.07) is 12.4. The van der Waals surface area contributed by atoms with E-state index < -0.39 is 85.7 Å². The molecule has 1 saturated carbocycles. The molecule has 8 rings (SSSR count). The number of para-hydroxylation sites is 1. The van der Waals surface area contributed by atoms with E-state index in [2.05, 4.69) is 16.0 Å². The summed E-state index contributed by atoms with van der Waals surface area (Å²) in [7, 11) is 0. The standard InChI is InChI=1S/C42H49N5O13/c43-41-45-38-29(39(56)46-41)44-19-47(38)27-7-3-2-6-21(27)15-22-16-26-28(31(52)25-14-20(17-49)8-9-24(25)30(26)51)36(58-18-23(50)10-13-48)35(22)59-40-34(55)32(53)33(54)37(60-40)42(57)11-4-1-5-12-42/h2-3,6-9,13-14,16,23,29,32-34,37-38,40-41,44-45,49-50,53-55,57H,1,4-5,10-12,15,17-19,43H2,(H,46,56). The van der Waals surface area contributed by atoms with Gasteiger partial charge in [0.1, 0.15) is 55.8 Å². The van der Waals surface area contributed by atoms with Crippen LogP contribution >= 0.6 is 0 Å². The van der Waals surface area contributed by atoms with E-state index in [0.29, 0.717) is 35.9 Å². The molecular weight excluding hydrogens is 782 g/mol. The number of nitrogens with two attached hydrogens (primary N) is 1. The quantitative estimate of drug-likeness (QED) is 0.0749. The van der Waals surface area contributed by atoms with Crippen LogP contribution in [0.15, 0.2) is 48.5 Å². The zero-order valence-electron chi connectivity index (χ0n) is 32.5. The molecule has 3 saturated heterocycles. The van der Waals surface area contributed by atoms with Gasteiger partial charge in [-0.1, -0.05) is 43.5 Å². The van der Waals surface area contributed by atoms with Gasteiger partial charge in [-0.25, -0.2) is 0 Å². The molecule has 3 aliphatic heterocycles. The van der Waals surface area contributed by atoms with Crippen molar-refractivity contribution in [2.24, 2.45) is 5.73 Å². The lowest BCUT2D eigenvalue weighted by molar-refractivity contribution is -0.308. The van der Waals surface area contributed by atoms with E-state index in [9.17, 15) is 49.8 Å². The minimum Gasteiger partial charge on any atom is -0.486 e. The molecule has 9 unspecified atom stereocenters. The zero-order valence-corrected chi connectivity index (χ0v) is 32.5. The van der Waals surface area contributed by atoms with Gasteiger partial charge in [0.05, 0.1) is 30.5 Å². The van der Waals surface area contributed by atoms with Gasteiger partial charge in [-0.3, -0.25) is 30.8 Å². The fourth-order valence-corrected chi connectivity index (χ4v) is 9.02. The van der Waals surface area contributed by atoms with Crippen LogP contribution in [0.1, 0.15) is 87.1 Å². The van der Waals surface area contributed by atoms with E-state index in [-0.39, 0.29) is 77.6 Å². The number of nitrogens with one attached hydrogen (secondary N) is 3. The highest BCUT2D eigenvalue weighted by molar-refractivity contribution is 6.29. The first-order chi connectivity index (χ1) is 28.8. The Morgan fingerprint density at radius 1 is 0.933 bits per heavy atom. The molecule has 3 aromatic carbocycles. The predicted octanol–water partition coefficient (Wildman–Crippen LogP) is -1.22. The van der Waals surface area contributed by atoms with Gasteiger partial charge in [0.25, 0.3) is 0 Å². The molecule has 2 aliphatic carbocycles. The third-order valence-electron chi connectivity index (χ3n) is 12.1. The SMILES string of the molecule is NC1NC(=O)C2NCN(c3ccccc3Cc3cc4c(c(OCC(O)CC=O)c3OC3OC(C5(O)CCCCC5)C(O)C(O)C3O)C(=O)c3cc(CO)ccc3C4=O)C2N1. The van der Waals surface area contributed by atoms with Gasteiger partial charge in [-0.2, -0.15) is 0 Å². The number of ether oxygens (including phenoxy) is 3. The molecule has 5 aliphatic rings. The van der Waals surface area contributed by atoms with E-state index in [4.69, 9.17) is 19.9 Å². The van der Waals surface area contributed by atoms with Crippen molar-refractivity contribution in [2.75, 3.05) is 18.2 Å². The summed E-state index contributed by atoms with van der Waals surface area (Å²) >= 11 is 0. The number of hydrogen-bond donors (Lipinski definition) is 10. The molecule has 1 amide bonds. The van der Waals surface area contributed by atoms with Crippen molar-refractivity contribution < 1.29 is 64.0 Å². The Kier molecular flexibility index (Phi) is 11.8. The molecule has 9 atom stereocenters. The third-order valence-corrected chi connectivity index (χ3v) is 12.1. The number of fused-ring (bicyclic) bond motifs is 3. The van der Waals surface area contributed by atoms with Crippen LogP contribution in [0.25, 0.3) is 0 Å². The van der Waals surface area contributed by atoms with E-state index in [1.165, 1.54) is 24.3 Å². The number of aldehydes is 1. The van der Waals surface area contributed by atoms with Crippen LogP contribution in [0, 0.1) is 0 Å². The Hall–Kier alpha value is -4.86. The second-order valence-corrected chi connectivity index (χ2v) is 16.1. The van der Waals surface area contributed by atoms with Gasteiger partial charge in [0, 0.05) is 40.8 Å². The maximum atomic E-state index is 14.6. The van der Waals surface area contributed by atoms with Crippen molar-refractivity contribution >= 4 is 29.4 Å². The highest BCUT2D eigenvalue weighted by atomic mass is 16.7. The van der Waals surface area contributed by atoms with Gasteiger partial charge >= 0.3 is 0 Å². The summed E-state index contributed by atoms with van der Waals surface area (Å²) in [5.41, 5.74) is 6.05. The summed E-state index contributed by atoms with van der Waals surface area (Å²) in [6.07, 6.45) is -8.72. The summed E-state index contributed by atoms with van der Waals surface area (Å²) < 4.78 is 18.9. The molecule has 0 radical (unpaired) electrons. The van der Waals surface area contributed by atoms with Crippen LogP contribution < -0.4 is 36.1 Å². The molecule has 4 fully saturated rings. The van der Waals surface area contributed by atoms with Gasteiger partial charge in [0.15, 0.2) is 23.1 Å². The predicted molar refractivity (Wildman–Crippen MR) is 210 cm³/mol. The molecule has 3 aromatic rings. The summed E-state index contributed by atoms with van der Waals surface area (Å²) in [5, 5.41) is 75.1. The van der Waals surface area contributed by atoms with Crippen LogP contribution in [0.5, 0.6) is 11.5 Å². The minimum absolute atomic E-state index is 0.0354. The third kappa shape index (κ3) is 7.57. The number of ketones is 2. The molecule has 0 bridgehead atoms. The number of aliphatic hydroxyl groups is 6. The van der Waals surface area contributed by atoms with Gasteiger partial charge in [0.2, 0.25) is 12.2 Å². The Labute approximate surface area is 344 Å². The molecule has 18 heteroatoms. The maximum Gasteiger partial charge on any atom is 0.242 e. The first-order valence-electron chi connectivity index (χ1n) is 20.1.